The second kappa shape index (κ2) is 13.0. The maximum absolute atomic E-state index is 13.3. The number of aliphatic carboxylic acids is 1. The van der Waals surface area contributed by atoms with Crippen LogP contribution >= 0.6 is 34.8 Å². The van der Waals surface area contributed by atoms with Crippen LogP contribution in [0.1, 0.15) is 47.8 Å². The fraction of sp³-hybridized carbons (Fsp3) is 0.226. The Balaban J connectivity index is 1.32. The van der Waals surface area contributed by atoms with E-state index in [-0.39, 0.29) is 39.1 Å². The van der Waals surface area contributed by atoms with Gasteiger partial charge in [-0.05, 0) is 66.9 Å². The maximum atomic E-state index is 13.3. The van der Waals surface area contributed by atoms with Crippen molar-refractivity contribution in [2.45, 2.75) is 25.9 Å². The summed E-state index contributed by atoms with van der Waals surface area (Å²) in [5.74, 6) is -3.26. The van der Waals surface area contributed by atoms with Crippen LogP contribution in [0, 0.1) is 6.92 Å². The van der Waals surface area contributed by atoms with Gasteiger partial charge in [0.05, 0.1) is 32.9 Å². The van der Waals surface area contributed by atoms with Gasteiger partial charge in [-0.2, -0.15) is 0 Å². The smallest absolute Gasteiger partial charge is 0.328 e. The minimum absolute atomic E-state index is 0.0176. The molecular formula is C31H27Cl3N4O7S. The first-order chi connectivity index (χ1) is 21.6. The van der Waals surface area contributed by atoms with Crippen LogP contribution in [0.2, 0.25) is 15.1 Å². The first kappa shape index (κ1) is 33.3. The second-order valence-electron chi connectivity index (χ2n) is 10.9. The molecular weight excluding hydrogens is 679 g/mol. The number of nitrogens with zero attached hydrogens (tertiary/aromatic N) is 2. The zero-order valence-corrected chi connectivity index (χ0v) is 27.5. The van der Waals surface area contributed by atoms with E-state index in [0.29, 0.717) is 40.1 Å². The Morgan fingerprint density at radius 1 is 1.00 bits per heavy atom. The molecule has 2 heterocycles. The minimum atomic E-state index is -3.75. The molecule has 11 nitrogen and oxygen atoms in total. The molecule has 1 atom stereocenters. The molecule has 1 unspecified atom stereocenters. The number of hydrogen-bond donors (Lipinski definition) is 3. The monoisotopic (exact) mass is 704 g/mol. The first-order valence-corrected chi connectivity index (χ1v) is 16.8. The van der Waals surface area contributed by atoms with E-state index in [4.69, 9.17) is 34.8 Å². The van der Waals surface area contributed by atoms with Gasteiger partial charge in [0.25, 0.3) is 17.7 Å². The van der Waals surface area contributed by atoms with Gasteiger partial charge in [-0.15, -0.1) is 0 Å². The summed E-state index contributed by atoms with van der Waals surface area (Å²) in [5.41, 5.74) is 2.66. The Labute approximate surface area is 279 Å². The number of nitrogens with one attached hydrogen (secondary N) is 2. The number of carboxylic acids is 1. The van der Waals surface area contributed by atoms with Crippen molar-refractivity contribution in [3.05, 3.63) is 103 Å². The fourth-order valence-corrected chi connectivity index (χ4v) is 7.00. The van der Waals surface area contributed by atoms with E-state index in [0.717, 1.165) is 15.8 Å². The average Bonchev–Trinajstić information content (AvgIpc) is 3.38. The standard InChI is InChI=1S/C31H27Cl3N4O7S/c1-16-3-8-25-21(11-16)22(15-38(25)46(2,44)45)28(39)35-13-24(31(42)43)36-29(40)26-23(33)12-18-14-37(10-9-20(18)27(26)34)30(41)17-4-6-19(32)7-5-17/h3-8,11-12,15,24H,9-10,13-14H2,1-2H3,(H,35,39)(H,36,40)(H,42,43). The Hall–Kier alpha value is -4.10. The number of carbonyl (C=O) groups excluding carboxylic acids is 3. The molecule has 5 rings (SSSR count). The van der Waals surface area contributed by atoms with Crippen molar-refractivity contribution >= 4 is 79.4 Å². The summed E-state index contributed by atoms with van der Waals surface area (Å²) in [4.78, 5) is 53.2. The van der Waals surface area contributed by atoms with E-state index in [9.17, 15) is 32.7 Å². The highest BCUT2D eigenvalue weighted by Crippen LogP contribution is 2.35. The number of aromatic nitrogens is 1. The number of fused-ring (bicyclic) bond motifs is 2. The number of carboxylic acid groups (broad SMARTS) is 1. The molecule has 0 fully saturated rings. The number of benzene rings is 3. The van der Waals surface area contributed by atoms with Gasteiger partial charge >= 0.3 is 5.97 Å². The lowest BCUT2D eigenvalue weighted by molar-refractivity contribution is -0.139. The normalized spacial score (nSPS) is 13.6. The van der Waals surface area contributed by atoms with E-state index in [1.54, 1.807) is 54.3 Å². The van der Waals surface area contributed by atoms with Crippen LogP contribution in [0.25, 0.3) is 10.9 Å². The summed E-state index contributed by atoms with van der Waals surface area (Å²) in [6, 6.07) is 11.4. The molecule has 1 aliphatic rings. The van der Waals surface area contributed by atoms with Gasteiger partial charge in [0.1, 0.15) is 6.04 Å². The van der Waals surface area contributed by atoms with Gasteiger partial charge in [-0.25, -0.2) is 17.2 Å². The van der Waals surface area contributed by atoms with Crippen molar-refractivity contribution in [3.8, 4) is 0 Å². The molecule has 1 aliphatic heterocycles. The minimum Gasteiger partial charge on any atom is -0.480 e. The molecule has 0 saturated carbocycles. The van der Waals surface area contributed by atoms with E-state index in [1.807, 2.05) is 0 Å². The van der Waals surface area contributed by atoms with E-state index < -0.39 is 40.4 Å². The third-order valence-corrected chi connectivity index (χ3v) is 9.59. The number of halogens is 3. The van der Waals surface area contributed by atoms with Gasteiger partial charge < -0.3 is 20.6 Å². The Morgan fingerprint density at radius 2 is 1.70 bits per heavy atom. The van der Waals surface area contributed by atoms with Crippen molar-refractivity contribution < 1.29 is 32.7 Å². The summed E-state index contributed by atoms with van der Waals surface area (Å²) in [7, 11) is -3.75. The lowest BCUT2D eigenvalue weighted by atomic mass is 9.96. The number of aryl methyl sites for hydroxylation is 1. The Kier molecular flexibility index (Phi) is 9.37. The molecule has 3 aromatic carbocycles. The Morgan fingerprint density at radius 3 is 2.35 bits per heavy atom. The molecule has 1 aromatic heterocycles. The predicted molar refractivity (Wildman–Crippen MR) is 174 cm³/mol. The zero-order chi connectivity index (χ0) is 33.5. The molecule has 4 aromatic rings. The molecule has 3 N–H and O–H groups in total. The third kappa shape index (κ3) is 6.70. The van der Waals surface area contributed by atoms with Crippen LogP contribution in [-0.2, 0) is 27.8 Å². The van der Waals surface area contributed by atoms with Crippen LogP contribution < -0.4 is 10.6 Å². The lowest BCUT2D eigenvalue weighted by Crippen LogP contribution is -2.48. The molecule has 0 aliphatic carbocycles. The molecule has 0 radical (unpaired) electrons. The third-order valence-electron chi connectivity index (χ3n) is 7.61. The summed E-state index contributed by atoms with van der Waals surface area (Å²) in [5, 5.41) is 15.5. The van der Waals surface area contributed by atoms with Crippen LogP contribution in [0.5, 0.6) is 0 Å². The van der Waals surface area contributed by atoms with Crippen molar-refractivity contribution in [1.82, 2.24) is 19.5 Å². The van der Waals surface area contributed by atoms with Crippen molar-refractivity contribution in [3.63, 3.8) is 0 Å². The van der Waals surface area contributed by atoms with E-state index in [1.165, 1.54) is 12.3 Å². The highest BCUT2D eigenvalue weighted by atomic mass is 35.5. The van der Waals surface area contributed by atoms with Gasteiger partial charge in [-0.3, -0.25) is 14.4 Å². The Bertz CT molecular complexity index is 2030. The topological polar surface area (TPSA) is 155 Å². The molecule has 46 heavy (non-hydrogen) atoms. The van der Waals surface area contributed by atoms with Crippen LogP contribution in [0.15, 0.2) is 54.7 Å². The summed E-state index contributed by atoms with van der Waals surface area (Å²) < 4.78 is 25.6. The van der Waals surface area contributed by atoms with Gasteiger partial charge in [0.15, 0.2) is 0 Å². The highest BCUT2D eigenvalue weighted by Gasteiger charge is 2.30. The van der Waals surface area contributed by atoms with Gasteiger partial charge in [0.2, 0.25) is 10.0 Å². The number of hydrogen-bond acceptors (Lipinski definition) is 6. The second-order valence-corrected chi connectivity index (χ2v) is 13.9. The molecule has 3 amide bonds. The average molecular weight is 706 g/mol. The SMILES string of the molecule is Cc1ccc2c(c1)c(C(=O)NCC(NC(=O)c1c(Cl)cc3c(c1Cl)CCN(C(=O)c1ccc(Cl)cc1)C3)C(=O)O)cn2S(C)(=O)=O. The van der Waals surface area contributed by atoms with E-state index >= 15 is 0 Å². The number of rotatable bonds is 8. The van der Waals surface area contributed by atoms with Gasteiger partial charge in [0, 0.05) is 41.8 Å². The number of amides is 3. The highest BCUT2D eigenvalue weighted by molar-refractivity contribution is 7.89. The molecule has 0 spiro atoms. The number of carbonyl (C=O) groups is 4. The summed E-state index contributed by atoms with van der Waals surface area (Å²) >= 11 is 19.0. The van der Waals surface area contributed by atoms with Crippen molar-refractivity contribution in [2.75, 3.05) is 19.3 Å². The first-order valence-electron chi connectivity index (χ1n) is 13.8. The van der Waals surface area contributed by atoms with Crippen LogP contribution in [0.4, 0.5) is 0 Å². The zero-order valence-electron chi connectivity index (χ0n) is 24.4. The fourth-order valence-electron chi connectivity index (χ4n) is 5.30. The maximum Gasteiger partial charge on any atom is 0.328 e. The summed E-state index contributed by atoms with van der Waals surface area (Å²) in [6.07, 6.45) is 2.49. The van der Waals surface area contributed by atoms with E-state index in [2.05, 4.69) is 10.6 Å². The quantitative estimate of drug-likeness (QED) is 0.243. The predicted octanol–water partition coefficient (Wildman–Crippen LogP) is 4.53. The molecule has 240 valence electrons. The molecule has 15 heteroatoms. The lowest BCUT2D eigenvalue weighted by Gasteiger charge is -2.30. The largest absolute Gasteiger partial charge is 0.480 e. The van der Waals surface area contributed by atoms with Crippen LogP contribution in [0.3, 0.4) is 0 Å². The van der Waals surface area contributed by atoms with Crippen molar-refractivity contribution in [2.24, 2.45) is 0 Å². The van der Waals surface area contributed by atoms with Crippen molar-refractivity contribution in [1.29, 1.82) is 0 Å². The molecule has 0 saturated heterocycles. The van der Waals surface area contributed by atoms with Gasteiger partial charge in [-0.1, -0.05) is 46.4 Å². The van der Waals surface area contributed by atoms with Crippen LogP contribution in [-0.4, -0.2) is 71.5 Å². The molecule has 0 bridgehead atoms. The summed E-state index contributed by atoms with van der Waals surface area (Å²) in [6.45, 7) is 1.76.